The van der Waals surface area contributed by atoms with Crippen LogP contribution in [0.2, 0.25) is 0 Å². The molecule has 7 nitrogen and oxygen atoms in total. The first-order valence-electron chi connectivity index (χ1n) is 8.94. The lowest BCUT2D eigenvalue weighted by Crippen LogP contribution is -2.58. The number of rotatable bonds is 4. The highest BCUT2D eigenvalue weighted by atomic mass is 16.1. The molecular formula is C18H26N6O. The number of para-hydroxylation sites is 1. The highest BCUT2D eigenvalue weighted by Gasteiger charge is 2.43. The number of aliphatic imine (C=N–C) groups is 2. The molecule has 1 amide bonds. The Hall–Kier alpha value is -2.57. The van der Waals surface area contributed by atoms with Gasteiger partial charge in [0.05, 0.1) is 11.3 Å². The molecule has 0 aromatic heterocycles. The van der Waals surface area contributed by atoms with Crippen molar-refractivity contribution in [3.63, 3.8) is 0 Å². The van der Waals surface area contributed by atoms with E-state index in [2.05, 4.69) is 15.3 Å². The monoisotopic (exact) mass is 342 g/mol. The van der Waals surface area contributed by atoms with Crippen molar-refractivity contribution in [3.05, 3.63) is 29.8 Å². The lowest BCUT2D eigenvalue weighted by molar-refractivity contribution is 0.0954. The molecule has 1 aromatic carbocycles. The van der Waals surface area contributed by atoms with Crippen LogP contribution in [0.5, 0.6) is 0 Å². The summed E-state index contributed by atoms with van der Waals surface area (Å²) in [7, 11) is 0. The first-order valence-corrected chi connectivity index (χ1v) is 8.94. The van der Waals surface area contributed by atoms with Gasteiger partial charge in [0.2, 0.25) is 11.9 Å². The number of carbonyl (C=O) groups excluding carboxylic acids is 1. The maximum absolute atomic E-state index is 12.6. The number of benzene rings is 1. The van der Waals surface area contributed by atoms with Crippen LogP contribution in [0.15, 0.2) is 34.3 Å². The molecule has 0 radical (unpaired) electrons. The van der Waals surface area contributed by atoms with Crippen LogP contribution in [0.25, 0.3) is 0 Å². The number of hydrogen-bond donors (Lipinski definition) is 3. The number of hydrogen-bond acceptors (Lipinski definition) is 6. The van der Waals surface area contributed by atoms with E-state index in [0.29, 0.717) is 18.1 Å². The van der Waals surface area contributed by atoms with Crippen molar-refractivity contribution in [3.8, 4) is 0 Å². The summed E-state index contributed by atoms with van der Waals surface area (Å²) >= 11 is 0. The van der Waals surface area contributed by atoms with E-state index in [1.165, 1.54) is 6.42 Å². The molecule has 0 bridgehead atoms. The topological polar surface area (TPSA) is 109 Å². The Morgan fingerprint density at radius 3 is 2.68 bits per heavy atom. The van der Waals surface area contributed by atoms with Crippen molar-refractivity contribution < 1.29 is 4.79 Å². The molecule has 3 rings (SSSR count). The summed E-state index contributed by atoms with van der Waals surface area (Å²) in [6.07, 6.45) is 5.83. The Kier molecular flexibility index (Phi) is 4.92. The molecule has 0 unspecified atom stereocenters. The zero-order chi connectivity index (χ0) is 17.9. The second-order valence-electron chi connectivity index (χ2n) is 6.59. The maximum Gasteiger partial charge on any atom is 0.253 e. The highest BCUT2D eigenvalue weighted by Crippen LogP contribution is 2.40. The zero-order valence-electron chi connectivity index (χ0n) is 14.7. The number of nitrogens with one attached hydrogen (secondary N) is 1. The third kappa shape index (κ3) is 3.31. The van der Waals surface area contributed by atoms with Gasteiger partial charge in [0, 0.05) is 6.54 Å². The Labute approximate surface area is 148 Å². The number of anilines is 1. The molecule has 1 aromatic rings. The molecule has 7 heteroatoms. The van der Waals surface area contributed by atoms with Gasteiger partial charge in [-0.3, -0.25) is 9.69 Å². The Bertz CT molecular complexity index is 705. The van der Waals surface area contributed by atoms with Gasteiger partial charge in [-0.05, 0) is 44.2 Å². The second kappa shape index (κ2) is 7.13. The normalized spacial score (nSPS) is 19.3. The number of nitrogens with zero attached hydrogens (tertiary/aromatic N) is 3. The van der Waals surface area contributed by atoms with E-state index < -0.39 is 5.66 Å². The van der Waals surface area contributed by atoms with Gasteiger partial charge in [-0.1, -0.05) is 25.5 Å². The van der Waals surface area contributed by atoms with Gasteiger partial charge in [0.1, 0.15) is 5.66 Å². The van der Waals surface area contributed by atoms with Gasteiger partial charge in [-0.2, -0.15) is 4.99 Å². The minimum Gasteiger partial charge on any atom is -0.369 e. The molecule has 0 atom stereocenters. The lowest BCUT2D eigenvalue weighted by Gasteiger charge is -2.46. The van der Waals surface area contributed by atoms with E-state index in [4.69, 9.17) is 11.5 Å². The van der Waals surface area contributed by atoms with Crippen LogP contribution >= 0.6 is 0 Å². The molecular weight excluding hydrogens is 316 g/mol. The largest absolute Gasteiger partial charge is 0.369 e. The van der Waals surface area contributed by atoms with Crippen LogP contribution in [0, 0.1) is 0 Å². The van der Waals surface area contributed by atoms with Crippen LogP contribution < -0.4 is 21.7 Å². The van der Waals surface area contributed by atoms with Crippen molar-refractivity contribution >= 4 is 23.5 Å². The Morgan fingerprint density at radius 2 is 1.96 bits per heavy atom. The smallest absolute Gasteiger partial charge is 0.253 e. The number of guanidine groups is 2. The van der Waals surface area contributed by atoms with Crippen molar-refractivity contribution in [2.45, 2.75) is 51.1 Å². The summed E-state index contributed by atoms with van der Waals surface area (Å²) in [6.45, 7) is 2.66. The summed E-state index contributed by atoms with van der Waals surface area (Å²) in [4.78, 5) is 23.4. The van der Waals surface area contributed by atoms with Crippen molar-refractivity contribution in [2.75, 3.05) is 11.4 Å². The molecule has 1 aliphatic heterocycles. The molecule has 5 N–H and O–H groups in total. The number of amides is 1. The van der Waals surface area contributed by atoms with E-state index in [-0.39, 0.29) is 11.9 Å². The molecule has 1 saturated carbocycles. The molecule has 1 spiro atoms. The summed E-state index contributed by atoms with van der Waals surface area (Å²) in [5, 5.41) is 2.94. The summed E-state index contributed by atoms with van der Waals surface area (Å²) < 4.78 is 0. The van der Waals surface area contributed by atoms with Crippen molar-refractivity contribution in [1.29, 1.82) is 0 Å². The quantitative estimate of drug-likeness (QED) is 0.776. The predicted octanol–water partition coefficient (Wildman–Crippen LogP) is 1.94. The van der Waals surface area contributed by atoms with Gasteiger partial charge in [0.25, 0.3) is 5.91 Å². The standard InChI is InChI=1S/C18H26N6O/c1-2-12-21-15(25)13-8-4-5-9-14(13)24-17(20)22-16(19)23-18(24)10-6-3-7-11-18/h4-5,8-9H,2-3,6-7,10-12H2,1H3,(H,21,25)(H4,19,20,22,23). The van der Waals surface area contributed by atoms with Crippen LogP contribution in [-0.2, 0) is 0 Å². The average Bonchev–Trinajstić information content (AvgIpc) is 2.60. The molecule has 0 saturated heterocycles. The zero-order valence-corrected chi connectivity index (χ0v) is 14.7. The maximum atomic E-state index is 12.6. The van der Waals surface area contributed by atoms with Crippen LogP contribution in [-0.4, -0.2) is 30.0 Å². The highest BCUT2D eigenvalue weighted by molar-refractivity contribution is 6.10. The first kappa shape index (κ1) is 17.3. The van der Waals surface area contributed by atoms with E-state index in [1.807, 2.05) is 36.1 Å². The van der Waals surface area contributed by atoms with E-state index in [0.717, 1.165) is 37.8 Å². The second-order valence-corrected chi connectivity index (χ2v) is 6.59. The summed E-state index contributed by atoms with van der Waals surface area (Å²) in [5.41, 5.74) is 12.9. The third-order valence-electron chi connectivity index (χ3n) is 4.78. The Balaban J connectivity index is 2.04. The molecule has 1 heterocycles. The van der Waals surface area contributed by atoms with Crippen LogP contribution in [0.3, 0.4) is 0 Å². The van der Waals surface area contributed by atoms with Crippen LogP contribution in [0.4, 0.5) is 5.69 Å². The lowest BCUT2D eigenvalue weighted by atomic mass is 9.87. The number of nitrogens with two attached hydrogens (primary N) is 2. The fourth-order valence-corrected chi connectivity index (χ4v) is 3.66. The SMILES string of the molecule is CCCNC(=O)c1ccccc1N1C(N)=NC(N)=NC12CCCCC2. The van der Waals surface area contributed by atoms with Gasteiger partial charge in [-0.25, -0.2) is 4.99 Å². The van der Waals surface area contributed by atoms with Gasteiger partial charge in [-0.15, -0.1) is 0 Å². The van der Waals surface area contributed by atoms with E-state index in [1.54, 1.807) is 0 Å². The fraction of sp³-hybridized carbons (Fsp3) is 0.500. The van der Waals surface area contributed by atoms with E-state index >= 15 is 0 Å². The van der Waals surface area contributed by atoms with Crippen molar-refractivity contribution in [2.24, 2.45) is 21.5 Å². The minimum atomic E-state index is -0.546. The average molecular weight is 342 g/mol. The number of carbonyl (C=O) groups is 1. The van der Waals surface area contributed by atoms with Gasteiger partial charge < -0.3 is 16.8 Å². The summed E-state index contributed by atoms with van der Waals surface area (Å²) in [5.74, 6) is 0.396. The third-order valence-corrected chi connectivity index (χ3v) is 4.78. The van der Waals surface area contributed by atoms with Crippen molar-refractivity contribution in [1.82, 2.24) is 5.32 Å². The summed E-state index contributed by atoms with van der Waals surface area (Å²) in [6, 6.07) is 7.46. The fourth-order valence-electron chi connectivity index (χ4n) is 3.66. The predicted molar refractivity (Wildman–Crippen MR) is 101 cm³/mol. The van der Waals surface area contributed by atoms with Gasteiger partial charge in [0.15, 0.2) is 0 Å². The first-order chi connectivity index (χ1) is 12.1. The molecule has 2 aliphatic rings. The molecule has 1 fully saturated rings. The molecule has 1 aliphatic carbocycles. The van der Waals surface area contributed by atoms with Crippen LogP contribution in [0.1, 0.15) is 55.8 Å². The molecule has 25 heavy (non-hydrogen) atoms. The van der Waals surface area contributed by atoms with E-state index in [9.17, 15) is 4.79 Å². The minimum absolute atomic E-state index is 0.112. The Morgan fingerprint density at radius 1 is 1.24 bits per heavy atom. The molecule has 134 valence electrons. The van der Waals surface area contributed by atoms with Gasteiger partial charge >= 0.3 is 0 Å².